The lowest BCUT2D eigenvalue weighted by atomic mass is 10.1. The summed E-state index contributed by atoms with van der Waals surface area (Å²) < 4.78 is 4.75. The third-order valence-electron chi connectivity index (χ3n) is 3.47. The lowest BCUT2D eigenvalue weighted by molar-refractivity contribution is -0.136. The molecule has 3 nitrogen and oxygen atoms in total. The Bertz CT molecular complexity index is 449. The molecule has 1 N–H and O–H groups in total. The van der Waals surface area contributed by atoms with Crippen molar-refractivity contribution < 1.29 is 14.6 Å². The molecule has 0 aromatic carbocycles. The SMILES string of the molecule is CCCCC1=C([Si](C)(C)C)C1C(O)C#CC(=O)OCC. The van der Waals surface area contributed by atoms with E-state index in [4.69, 9.17) is 4.74 Å². The van der Waals surface area contributed by atoms with E-state index in [0.29, 0.717) is 6.61 Å². The second-order valence-electron chi connectivity index (χ2n) is 6.20. The highest BCUT2D eigenvalue weighted by molar-refractivity contribution is 6.84. The summed E-state index contributed by atoms with van der Waals surface area (Å²) in [6, 6.07) is 0. The Morgan fingerprint density at radius 2 is 2.05 bits per heavy atom. The number of aliphatic hydroxyl groups is 1. The van der Waals surface area contributed by atoms with Crippen molar-refractivity contribution in [2.24, 2.45) is 5.92 Å². The van der Waals surface area contributed by atoms with Crippen LogP contribution in [0, 0.1) is 17.8 Å². The van der Waals surface area contributed by atoms with Gasteiger partial charge in [0.1, 0.15) is 6.10 Å². The zero-order chi connectivity index (χ0) is 15.3. The molecule has 20 heavy (non-hydrogen) atoms. The van der Waals surface area contributed by atoms with Gasteiger partial charge in [-0.1, -0.05) is 49.7 Å². The minimum Gasteiger partial charge on any atom is -0.456 e. The second-order valence-corrected chi connectivity index (χ2v) is 11.2. The molecule has 0 aromatic rings. The zero-order valence-electron chi connectivity index (χ0n) is 13.2. The van der Waals surface area contributed by atoms with Crippen molar-refractivity contribution in [2.45, 2.75) is 58.9 Å². The molecule has 0 amide bonds. The zero-order valence-corrected chi connectivity index (χ0v) is 14.2. The number of aliphatic hydroxyl groups excluding tert-OH is 1. The highest BCUT2D eigenvalue weighted by atomic mass is 28.3. The van der Waals surface area contributed by atoms with Crippen LogP contribution in [0.4, 0.5) is 0 Å². The first-order valence-corrected chi connectivity index (χ1v) is 10.9. The summed E-state index contributed by atoms with van der Waals surface area (Å²) in [6.45, 7) is 11.1. The molecule has 112 valence electrons. The van der Waals surface area contributed by atoms with Crippen LogP contribution in [0.3, 0.4) is 0 Å². The first kappa shape index (κ1) is 17.0. The minimum absolute atomic E-state index is 0.0927. The average molecular weight is 294 g/mol. The standard InChI is InChI=1S/C16H26O3Si/c1-6-8-9-12-15(16(12)20(3,4)5)13(17)10-11-14(18)19-7-2/h13,15,17H,6-9H2,1-5H3. The third kappa shape index (κ3) is 4.50. The van der Waals surface area contributed by atoms with Gasteiger partial charge >= 0.3 is 5.97 Å². The Morgan fingerprint density at radius 3 is 2.55 bits per heavy atom. The van der Waals surface area contributed by atoms with Gasteiger partial charge in [0.15, 0.2) is 0 Å². The van der Waals surface area contributed by atoms with Gasteiger partial charge in [-0.2, -0.15) is 0 Å². The number of hydrogen-bond acceptors (Lipinski definition) is 3. The van der Waals surface area contributed by atoms with Gasteiger partial charge in [0.2, 0.25) is 0 Å². The van der Waals surface area contributed by atoms with Crippen molar-refractivity contribution in [2.75, 3.05) is 6.61 Å². The number of rotatable bonds is 6. The normalized spacial score (nSPS) is 19.2. The summed E-state index contributed by atoms with van der Waals surface area (Å²) in [5.41, 5.74) is 1.39. The monoisotopic (exact) mass is 294 g/mol. The van der Waals surface area contributed by atoms with Crippen LogP contribution in [-0.2, 0) is 9.53 Å². The molecular formula is C16H26O3Si. The van der Waals surface area contributed by atoms with Gasteiger partial charge in [0, 0.05) is 11.8 Å². The molecule has 1 rings (SSSR count). The lowest BCUT2D eigenvalue weighted by Crippen LogP contribution is -2.24. The summed E-state index contributed by atoms with van der Waals surface area (Å²) in [4.78, 5) is 11.2. The molecule has 0 heterocycles. The highest BCUT2D eigenvalue weighted by Crippen LogP contribution is 2.49. The van der Waals surface area contributed by atoms with E-state index < -0.39 is 20.1 Å². The van der Waals surface area contributed by atoms with E-state index in [2.05, 4.69) is 38.4 Å². The molecule has 0 spiro atoms. The Balaban J connectivity index is 2.70. The summed E-state index contributed by atoms with van der Waals surface area (Å²) in [6.07, 6.45) is 2.60. The second kappa shape index (κ2) is 7.10. The fraction of sp³-hybridized carbons (Fsp3) is 0.688. The third-order valence-corrected chi connectivity index (χ3v) is 5.72. The van der Waals surface area contributed by atoms with Gasteiger partial charge < -0.3 is 9.84 Å². The maximum absolute atomic E-state index is 11.2. The molecule has 0 fully saturated rings. The Labute approximate surface area is 123 Å². The molecule has 1 aliphatic carbocycles. The van der Waals surface area contributed by atoms with E-state index in [-0.39, 0.29) is 5.92 Å². The van der Waals surface area contributed by atoms with Crippen molar-refractivity contribution >= 4 is 14.0 Å². The van der Waals surface area contributed by atoms with E-state index in [1.165, 1.54) is 10.8 Å². The molecule has 0 aromatic heterocycles. The van der Waals surface area contributed by atoms with E-state index in [9.17, 15) is 9.90 Å². The number of unbranched alkanes of at least 4 members (excludes halogenated alkanes) is 1. The first-order chi connectivity index (χ1) is 9.32. The van der Waals surface area contributed by atoms with E-state index in [0.717, 1.165) is 19.3 Å². The summed E-state index contributed by atoms with van der Waals surface area (Å²) >= 11 is 0. The number of carbonyl (C=O) groups excluding carboxylic acids is 1. The molecule has 0 radical (unpaired) electrons. The fourth-order valence-electron chi connectivity index (χ4n) is 2.62. The van der Waals surface area contributed by atoms with Crippen molar-refractivity contribution in [3.05, 3.63) is 10.8 Å². The molecule has 0 saturated heterocycles. The first-order valence-electron chi connectivity index (χ1n) is 7.42. The van der Waals surface area contributed by atoms with Crippen molar-refractivity contribution in [1.29, 1.82) is 0 Å². The molecule has 0 saturated carbocycles. The number of hydrogen-bond donors (Lipinski definition) is 1. The number of esters is 1. The summed E-state index contributed by atoms with van der Waals surface area (Å²) in [7, 11) is -1.40. The predicted molar refractivity (Wildman–Crippen MR) is 83.8 cm³/mol. The van der Waals surface area contributed by atoms with Crippen molar-refractivity contribution in [1.82, 2.24) is 0 Å². The van der Waals surface area contributed by atoms with Crippen LogP contribution in [0.25, 0.3) is 0 Å². The predicted octanol–water partition coefficient (Wildman–Crippen LogP) is 2.91. The quantitative estimate of drug-likeness (QED) is 0.355. The number of carbonyl (C=O) groups is 1. The Morgan fingerprint density at radius 1 is 1.40 bits per heavy atom. The van der Waals surface area contributed by atoms with Gasteiger partial charge in [-0.05, 0) is 19.8 Å². The Kier molecular flexibility index (Phi) is 6.03. The maximum Gasteiger partial charge on any atom is 0.384 e. The molecule has 0 aliphatic heterocycles. The van der Waals surface area contributed by atoms with Gasteiger partial charge in [0.25, 0.3) is 0 Å². The largest absolute Gasteiger partial charge is 0.456 e. The molecule has 2 unspecified atom stereocenters. The highest BCUT2D eigenvalue weighted by Gasteiger charge is 2.46. The topological polar surface area (TPSA) is 46.5 Å². The summed E-state index contributed by atoms with van der Waals surface area (Å²) in [5, 5.41) is 11.7. The number of ether oxygens (including phenoxy) is 1. The van der Waals surface area contributed by atoms with Crippen LogP contribution in [-0.4, -0.2) is 31.9 Å². The van der Waals surface area contributed by atoms with Crippen LogP contribution >= 0.6 is 0 Å². The van der Waals surface area contributed by atoms with Crippen molar-refractivity contribution in [3.8, 4) is 11.8 Å². The van der Waals surface area contributed by atoms with Crippen molar-refractivity contribution in [3.63, 3.8) is 0 Å². The van der Waals surface area contributed by atoms with Gasteiger partial charge in [-0.25, -0.2) is 4.79 Å². The van der Waals surface area contributed by atoms with E-state index in [1.807, 2.05) is 0 Å². The molecule has 2 atom stereocenters. The Hall–Kier alpha value is -1.05. The van der Waals surface area contributed by atoms with Gasteiger partial charge in [0.05, 0.1) is 14.7 Å². The van der Waals surface area contributed by atoms with Crippen LogP contribution in [0.1, 0.15) is 33.1 Å². The molecular weight excluding hydrogens is 268 g/mol. The molecule has 0 bridgehead atoms. The van der Waals surface area contributed by atoms with Crippen LogP contribution < -0.4 is 0 Å². The fourth-order valence-corrected chi connectivity index (χ4v) is 5.06. The smallest absolute Gasteiger partial charge is 0.384 e. The molecule has 4 heteroatoms. The molecule has 1 aliphatic rings. The van der Waals surface area contributed by atoms with Gasteiger partial charge in [-0.15, -0.1) is 0 Å². The van der Waals surface area contributed by atoms with Gasteiger partial charge in [-0.3, -0.25) is 0 Å². The van der Waals surface area contributed by atoms with E-state index in [1.54, 1.807) is 6.92 Å². The summed E-state index contributed by atoms with van der Waals surface area (Å²) in [5.74, 6) is 4.56. The average Bonchev–Trinajstić information content (AvgIpc) is 3.08. The van der Waals surface area contributed by atoms with E-state index >= 15 is 0 Å². The minimum atomic E-state index is -1.40. The van der Waals surface area contributed by atoms with Crippen LogP contribution in [0.2, 0.25) is 19.6 Å². The maximum atomic E-state index is 11.2. The lowest BCUT2D eigenvalue weighted by Gasteiger charge is -2.14. The van der Waals surface area contributed by atoms with Crippen LogP contribution in [0.15, 0.2) is 10.8 Å². The van der Waals surface area contributed by atoms with Crippen LogP contribution in [0.5, 0.6) is 0 Å².